The molecule has 4 heterocycles. The molecule has 4 rings (SSSR count). The molecule has 0 amide bonds. The highest BCUT2D eigenvalue weighted by molar-refractivity contribution is 7.15. The van der Waals surface area contributed by atoms with Gasteiger partial charge in [0.15, 0.2) is 0 Å². The third-order valence-corrected chi connectivity index (χ3v) is 5.84. The summed E-state index contributed by atoms with van der Waals surface area (Å²) < 4.78 is 5.88. The molecule has 0 aliphatic carbocycles. The summed E-state index contributed by atoms with van der Waals surface area (Å²) in [6.07, 6.45) is 5.54. The maximum absolute atomic E-state index is 5.88. The van der Waals surface area contributed by atoms with Crippen LogP contribution >= 0.6 is 11.3 Å². The van der Waals surface area contributed by atoms with Crippen LogP contribution in [-0.4, -0.2) is 44.8 Å². The van der Waals surface area contributed by atoms with Crippen LogP contribution < -0.4 is 9.64 Å². The lowest BCUT2D eigenvalue weighted by atomic mass is 9.98. The fourth-order valence-electron chi connectivity index (χ4n) is 3.29. The number of piperidine rings is 1. The van der Waals surface area contributed by atoms with Gasteiger partial charge < -0.3 is 9.64 Å². The van der Waals surface area contributed by atoms with Crippen molar-refractivity contribution in [2.45, 2.75) is 26.7 Å². The molecular weight excluding hydrogens is 360 g/mol. The van der Waals surface area contributed by atoms with Gasteiger partial charge in [-0.3, -0.25) is 0 Å². The maximum Gasteiger partial charge on any atom is 0.233 e. The van der Waals surface area contributed by atoms with Gasteiger partial charge in [-0.25, -0.2) is 15.0 Å². The van der Waals surface area contributed by atoms with Gasteiger partial charge in [-0.1, -0.05) is 0 Å². The smallest absolute Gasteiger partial charge is 0.233 e. The molecule has 140 valence electrons. The Bertz CT molecular complexity index is 875. The van der Waals surface area contributed by atoms with Crippen molar-refractivity contribution in [1.29, 1.82) is 0 Å². The molecule has 1 aliphatic rings. The minimum atomic E-state index is 0.524. The molecule has 0 bridgehead atoms. The van der Waals surface area contributed by atoms with E-state index in [-0.39, 0.29) is 0 Å². The van der Waals surface area contributed by atoms with Crippen molar-refractivity contribution in [2.75, 3.05) is 24.6 Å². The molecule has 7 nitrogen and oxygen atoms in total. The summed E-state index contributed by atoms with van der Waals surface area (Å²) in [7, 11) is 0. The summed E-state index contributed by atoms with van der Waals surface area (Å²) >= 11 is 1.64. The second-order valence-corrected chi connectivity index (χ2v) is 7.92. The zero-order valence-electron chi connectivity index (χ0n) is 15.5. The molecule has 1 fully saturated rings. The van der Waals surface area contributed by atoms with Gasteiger partial charge in [-0.15, -0.1) is 21.5 Å². The summed E-state index contributed by atoms with van der Waals surface area (Å²) in [5, 5.41) is 9.58. The number of hydrogen-bond donors (Lipinski definition) is 0. The van der Waals surface area contributed by atoms with Crippen LogP contribution in [0, 0.1) is 19.8 Å². The first-order chi connectivity index (χ1) is 13.2. The summed E-state index contributed by atoms with van der Waals surface area (Å²) in [6.45, 7) is 6.64. The standard InChI is InChI=1S/C19H22N6OS/c1-13-19(27-14(2)22-13)16-3-4-18(24-23-16)26-11-15-6-9-25(10-7-15)17-5-8-20-12-21-17/h3-5,8,12,15H,6-7,9-11H2,1-2H3. The average molecular weight is 382 g/mol. The average Bonchev–Trinajstić information content (AvgIpc) is 3.06. The molecule has 0 atom stereocenters. The molecule has 3 aromatic heterocycles. The van der Waals surface area contributed by atoms with Crippen LogP contribution in [0.15, 0.2) is 30.7 Å². The van der Waals surface area contributed by atoms with Crippen molar-refractivity contribution in [1.82, 2.24) is 25.1 Å². The fraction of sp³-hybridized carbons (Fsp3) is 0.421. The molecule has 0 saturated carbocycles. The Labute approximate surface area is 162 Å². The van der Waals surface area contributed by atoms with Gasteiger partial charge in [-0.05, 0) is 44.7 Å². The number of ether oxygens (including phenoxy) is 1. The highest BCUT2D eigenvalue weighted by Crippen LogP contribution is 2.28. The molecule has 0 radical (unpaired) electrons. The van der Waals surface area contributed by atoms with Crippen LogP contribution in [0.4, 0.5) is 5.82 Å². The van der Waals surface area contributed by atoms with Gasteiger partial charge in [0.25, 0.3) is 0 Å². The van der Waals surface area contributed by atoms with Crippen LogP contribution in [-0.2, 0) is 0 Å². The van der Waals surface area contributed by atoms with E-state index in [9.17, 15) is 0 Å². The first-order valence-corrected chi connectivity index (χ1v) is 9.92. The van der Waals surface area contributed by atoms with Gasteiger partial charge in [0.05, 0.1) is 22.2 Å². The SMILES string of the molecule is Cc1nc(C)c(-c2ccc(OCC3CCN(c4ccncn4)CC3)nn2)s1. The summed E-state index contributed by atoms with van der Waals surface area (Å²) in [4.78, 5) is 16.1. The Kier molecular flexibility index (Phi) is 5.24. The van der Waals surface area contributed by atoms with Crippen molar-refractivity contribution in [3.8, 4) is 16.5 Å². The van der Waals surface area contributed by atoms with Crippen molar-refractivity contribution in [3.63, 3.8) is 0 Å². The van der Waals surface area contributed by atoms with E-state index in [1.165, 1.54) is 0 Å². The van der Waals surface area contributed by atoms with E-state index in [0.717, 1.165) is 53.0 Å². The van der Waals surface area contributed by atoms with Crippen LogP contribution in [0.1, 0.15) is 23.5 Å². The van der Waals surface area contributed by atoms with Crippen LogP contribution in [0.3, 0.4) is 0 Å². The molecular formula is C19H22N6OS. The van der Waals surface area contributed by atoms with Crippen molar-refractivity contribution < 1.29 is 4.74 Å². The lowest BCUT2D eigenvalue weighted by Crippen LogP contribution is -2.36. The lowest BCUT2D eigenvalue weighted by Gasteiger charge is -2.32. The lowest BCUT2D eigenvalue weighted by molar-refractivity contribution is 0.214. The topological polar surface area (TPSA) is 76.9 Å². The monoisotopic (exact) mass is 382 g/mol. The normalized spacial score (nSPS) is 15.1. The van der Waals surface area contributed by atoms with E-state index in [2.05, 4.69) is 30.0 Å². The summed E-state index contributed by atoms with van der Waals surface area (Å²) in [5.41, 5.74) is 1.85. The van der Waals surface area contributed by atoms with Gasteiger partial charge in [0.1, 0.15) is 17.8 Å². The second kappa shape index (κ2) is 7.96. The molecule has 27 heavy (non-hydrogen) atoms. The molecule has 3 aromatic rings. The predicted octanol–water partition coefficient (Wildman–Crippen LogP) is 3.30. The first-order valence-electron chi connectivity index (χ1n) is 9.11. The van der Waals surface area contributed by atoms with Gasteiger partial charge >= 0.3 is 0 Å². The van der Waals surface area contributed by atoms with E-state index in [0.29, 0.717) is 18.4 Å². The quantitative estimate of drug-likeness (QED) is 0.670. The van der Waals surface area contributed by atoms with Gasteiger partial charge in [-0.2, -0.15) is 0 Å². The van der Waals surface area contributed by atoms with Crippen molar-refractivity contribution in [2.24, 2.45) is 5.92 Å². The minimum Gasteiger partial charge on any atom is -0.476 e. The molecule has 1 aliphatic heterocycles. The van der Waals surface area contributed by atoms with E-state index < -0.39 is 0 Å². The highest BCUT2D eigenvalue weighted by Gasteiger charge is 2.21. The number of rotatable bonds is 5. The van der Waals surface area contributed by atoms with Crippen LogP contribution in [0.2, 0.25) is 0 Å². The fourth-order valence-corrected chi connectivity index (χ4v) is 4.17. The zero-order chi connectivity index (χ0) is 18.6. The molecule has 0 spiro atoms. The predicted molar refractivity (Wildman–Crippen MR) is 105 cm³/mol. The Morgan fingerprint density at radius 1 is 1.15 bits per heavy atom. The minimum absolute atomic E-state index is 0.524. The number of nitrogens with zero attached hydrogens (tertiary/aromatic N) is 6. The van der Waals surface area contributed by atoms with Crippen molar-refractivity contribution in [3.05, 3.63) is 41.4 Å². The Morgan fingerprint density at radius 3 is 2.63 bits per heavy atom. The largest absolute Gasteiger partial charge is 0.476 e. The first kappa shape index (κ1) is 17.8. The zero-order valence-corrected chi connectivity index (χ0v) is 16.3. The van der Waals surface area contributed by atoms with Gasteiger partial charge in [0, 0.05) is 25.4 Å². The van der Waals surface area contributed by atoms with Crippen LogP contribution in [0.25, 0.3) is 10.6 Å². The summed E-state index contributed by atoms with van der Waals surface area (Å²) in [5.74, 6) is 2.10. The van der Waals surface area contributed by atoms with E-state index in [4.69, 9.17) is 4.74 Å². The van der Waals surface area contributed by atoms with E-state index in [1.807, 2.05) is 32.0 Å². The Morgan fingerprint density at radius 2 is 2.00 bits per heavy atom. The third-order valence-electron chi connectivity index (χ3n) is 4.75. The molecule has 0 N–H and O–H groups in total. The molecule has 8 heteroatoms. The Hall–Kier alpha value is -2.61. The van der Waals surface area contributed by atoms with Crippen molar-refractivity contribution >= 4 is 17.2 Å². The summed E-state index contributed by atoms with van der Waals surface area (Å²) in [6, 6.07) is 5.81. The molecule has 1 saturated heterocycles. The number of aromatic nitrogens is 5. The Balaban J connectivity index is 1.29. The highest BCUT2D eigenvalue weighted by atomic mass is 32.1. The number of hydrogen-bond acceptors (Lipinski definition) is 8. The maximum atomic E-state index is 5.88. The second-order valence-electron chi connectivity index (χ2n) is 6.71. The van der Waals surface area contributed by atoms with Crippen LogP contribution in [0.5, 0.6) is 5.88 Å². The third kappa shape index (κ3) is 4.21. The van der Waals surface area contributed by atoms with E-state index in [1.54, 1.807) is 23.9 Å². The van der Waals surface area contributed by atoms with Gasteiger partial charge in [0.2, 0.25) is 5.88 Å². The number of thiazole rings is 1. The molecule has 0 aromatic carbocycles. The number of aryl methyl sites for hydroxylation is 2. The van der Waals surface area contributed by atoms with E-state index >= 15 is 0 Å². The molecule has 0 unspecified atom stereocenters. The number of anilines is 1.